The number of fused-ring (bicyclic) bond motifs is 1. The van der Waals surface area contributed by atoms with Crippen LogP contribution in [-0.4, -0.2) is 25.2 Å². The molecule has 1 heterocycles. The van der Waals surface area contributed by atoms with Gasteiger partial charge < -0.3 is 10.6 Å². The van der Waals surface area contributed by atoms with E-state index < -0.39 is 0 Å². The van der Waals surface area contributed by atoms with Crippen LogP contribution in [0.25, 0.3) is 0 Å². The van der Waals surface area contributed by atoms with E-state index in [1.54, 1.807) is 0 Å². The molecule has 3 aliphatic carbocycles. The van der Waals surface area contributed by atoms with Gasteiger partial charge in [0.2, 0.25) is 0 Å². The fourth-order valence-electron chi connectivity index (χ4n) is 4.42. The van der Waals surface area contributed by atoms with E-state index in [0.29, 0.717) is 0 Å². The SMILES string of the molecule is C1CC2CNC(CNC(C3CC3)C3CC3)C2C1. The molecule has 17 heavy (non-hydrogen) atoms. The van der Waals surface area contributed by atoms with Crippen molar-refractivity contribution in [1.82, 2.24) is 10.6 Å². The maximum absolute atomic E-state index is 3.94. The van der Waals surface area contributed by atoms with Crippen LogP contribution >= 0.6 is 0 Å². The van der Waals surface area contributed by atoms with Gasteiger partial charge in [-0.3, -0.25) is 0 Å². The van der Waals surface area contributed by atoms with E-state index in [-0.39, 0.29) is 0 Å². The van der Waals surface area contributed by atoms with Gasteiger partial charge in [-0.15, -0.1) is 0 Å². The van der Waals surface area contributed by atoms with Gasteiger partial charge in [-0.05, 0) is 68.7 Å². The first kappa shape index (κ1) is 10.8. The van der Waals surface area contributed by atoms with Crippen molar-refractivity contribution in [2.24, 2.45) is 23.7 Å². The second-order valence-electron chi connectivity index (χ2n) is 6.98. The Hall–Kier alpha value is -0.0800. The van der Waals surface area contributed by atoms with Crippen LogP contribution in [0.15, 0.2) is 0 Å². The first-order chi connectivity index (χ1) is 8.42. The lowest BCUT2D eigenvalue weighted by Crippen LogP contribution is -2.43. The van der Waals surface area contributed by atoms with Crippen molar-refractivity contribution in [3.63, 3.8) is 0 Å². The van der Waals surface area contributed by atoms with Gasteiger partial charge in [0.05, 0.1) is 0 Å². The van der Waals surface area contributed by atoms with Crippen LogP contribution in [0.3, 0.4) is 0 Å². The van der Waals surface area contributed by atoms with Gasteiger partial charge in [0.25, 0.3) is 0 Å². The van der Waals surface area contributed by atoms with Gasteiger partial charge in [-0.2, -0.15) is 0 Å². The zero-order chi connectivity index (χ0) is 11.2. The molecule has 0 radical (unpaired) electrons. The molecule has 0 bridgehead atoms. The van der Waals surface area contributed by atoms with Gasteiger partial charge in [-0.25, -0.2) is 0 Å². The predicted molar refractivity (Wildman–Crippen MR) is 69.9 cm³/mol. The van der Waals surface area contributed by atoms with E-state index in [1.165, 1.54) is 58.0 Å². The summed E-state index contributed by atoms with van der Waals surface area (Å²) >= 11 is 0. The molecule has 0 amide bonds. The van der Waals surface area contributed by atoms with Crippen molar-refractivity contribution >= 4 is 0 Å². The summed E-state index contributed by atoms with van der Waals surface area (Å²) in [7, 11) is 0. The molecule has 2 N–H and O–H groups in total. The first-order valence-electron chi connectivity index (χ1n) is 7.88. The third-order valence-electron chi connectivity index (χ3n) is 5.71. The third-order valence-corrected chi connectivity index (χ3v) is 5.71. The average Bonchev–Trinajstić information content (AvgIpc) is 3.23. The van der Waals surface area contributed by atoms with Crippen molar-refractivity contribution in [3.8, 4) is 0 Å². The molecular weight excluding hydrogens is 208 g/mol. The van der Waals surface area contributed by atoms with Crippen molar-refractivity contribution in [2.45, 2.75) is 57.0 Å². The zero-order valence-electron chi connectivity index (χ0n) is 10.8. The summed E-state index contributed by atoms with van der Waals surface area (Å²) in [6.07, 6.45) is 10.5. The van der Waals surface area contributed by atoms with Crippen molar-refractivity contribution in [2.75, 3.05) is 13.1 Å². The zero-order valence-corrected chi connectivity index (χ0v) is 10.8. The standard InChI is InChI=1S/C15H26N2/c1-2-12-8-16-14(13(12)3-1)9-17-15(10-4-5-10)11-6-7-11/h10-17H,1-9H2. The number of rotatable bonds is 5. The van der Waals surface area contributed by atoms with E-state index in [2.05, 4.69) is 10.6 Å². The molecule has 2 heteroatoms. The molecule has 3 atom stereocenters. The lowest BCUT2D eigenvalue weighted by Gasteiger charge is -2.24. The Labute approximate surface area is 105 Å². The Kier molecular flexibility index (Phi) is 2.69. The normalized spacial score (nSPS) is 41.1. The molecule has 0 spiro atoms. The number of hydrogen-bond acceptors (Lipinski definition) is 2. The van der Waals surface area contributed by atoms with Crippen LogP contribution in [-0.2, 0) is 0 Å². The van der Waals surface area contributed by atoms with E-state index in [1.807, 2.05) is 0 Å². The Bertz CT molecular complexity index is 271. The molecule has 3 saturated carbocycles. The Balaban J connectivity index is 1.31. The van der Waals surface area contributed by atoms with Gasteiger partial charge in [0.1, 0.15) is 0 Å². The summed E-state index contributed by atoms with van der Waals surface area (Å²) in [6, 6.07) is 1.68. The number of nitrogens with one attached hydrogen (secondary N) is 2. The van der Waals surface area contributed by atoms with Crippen molar-refractivity contribution in [1.29, 1.82) is 0 Å². The third kappa shape index (κ3) is 2.15. The quantitative estimate of drug-likeness (QED) is 0.761. The molecule has 0 aromatic rings. The van der Waals surface area contributed by atoms with Gasteiger partial charge in [0, 0.05) is 18.6 Å². The monoisotopic (exact) mass is 234 g/mol. The minimum Gasteiger partial charge on any atom is -0.312 e. The van der Waals surface area contributed by atoms with Gasteiger partial charge >= 0.3 is 0 Å². The molecule has 1 saturated heterocycles. The Morgan fingerprint density at radius 3 is 2.47 bits per heavy atom. The minimum absolute atomic E-state index is 0.794. The highest BCUT2D eigenvalue weighted by molar-refractivity contribution is 4.99. The Morgan fingerprint density at radius 2 is 1.76 bits per heavy atom. The first-order valence-corrected chi connectivity index (χ1v) is 7.88. The predicted octanol–water partition coefficient (Wildman–Crippen LogP) is 2.15. The van der Waals surface area contributed by atoms with Crippen molar-refractivity contribution in [3.05, 3.63) is 0 Å². The highest BCUT2D eigenvalue weighted by Gasteiger charge is 2.43. The highest BCUT2D eigenvalue weighted by Crippen LogP contribution is 2.45. The molecule has 0 aromatic carbocycles. The van der Waals surface area contributed by atoms with Crippen molar-refractivity contribution < 1.29 is 0 Å². The molecule has 4 aliphatic rings. The summed E-state index contributed by atoms with van der Waals surface area (Å²) in [6.45, 7) is 2.55. The van der Waals surface area contributed by atoms with Crippen LogP contribution in [0.2, 0.25) is 0 Å². The van der Waals surface area contributed by atoms with Crippen LogP contribution in [0.4, 0.5) is 0 Å². The maximum Gasteiger partial charge on any atom is 0.0224 e. The van der Waals surface area contributed by atoms with E-state index in [4.69, 9.17) is 0 Å². The molecule has 2 nitrogen and oxygen atoms in total. The van der Waals surface area contributed by atoms with Crippen LogP contribution in [0.5, 0.6) is 0 Å². The largest absolute Gasteiger partial charge is 0.312 e. The number of hydrogen-bond donors (Lipinski definition) is 2. The van der Waals surface area contributed by atoms with Crippen LogP contribution in [0.1, 0.15) is 44.9 Å². The molecular formula is C15H26N2. The Morgan fingerprint density at radius 1 is 1.00 bits per heavy atom. The van der Waals surface area contributed by atoms with Gasteiger partial charge in [0.15, 0.2) is 0 Å². The lowest BCUT2D eigenvalue weighted by atomic mass is 9.93. The molecule has 4 rings (SSSR count). The van der Waals surface area contributed by atoms with E-state index in [0.717, 1.165) is 35.8 Å². The smallest absolute Gasteiger partial charge is 0.0224 e. The molecule has 96 valence electrons. The molecule has 1 aliphatic heterocycles. The molecule has 3 unspecified atom stereocenters. The summed E-state index contributed by atoms with van der Waals surface area (Å²) in [5, 5.41) is 7.71. The summed E-state index contributed by atoms with van der Waals surface area (Å²) in [5.41, 5.74) is 0. The van der Waals surface area contributed by atoms with E-state index >= 15 is 0 Å². The highest BCUT2D eigenvalue weighted by atomic mass is 15.1. The fourth-order valence-corrected chi connectivity index (χ4v) is 4.42. The maximum atomic E-state index is 3.94. The lowest BCUT2D eigenvalue weighted by molar-refractivity contribution is 0.345. The van der Waals surface area contributed by atoms with E-state index in [9.17, 15) is 0 Å². The molecule has 0 aromatic heterocycles. The minimum atomic E-state index is 0.794. The topological polar surface area (TPSA) is 24.1 Å². The summed E-state index contributed by atoms with van der Waals surface area (Å²) in [4.78, 5) is 0. The summed E-state index contributed by atoms with van der Waals surface area (Å²) < 4.78 is 0. The average molecular weight is 234 g/mol. The van der Waals surface area contributed by atoms with Gasteiger partial charge in [-0.1, -0.05) is 6.42 Å². The second-order valence-corrected chi connectivity index (χ2v) is 6.98. The summed E-state index contributed by atoms with van der Waals surface area (Å²) in [5.74, 6) is 4.11. The second kappa shape index (κ2) is 4.24. The van der Waals surface area contributed by atoms with Crippen LogP contribution in [0, 0.1) is 23.7 Å². The molecule has 4 fully saturated rings. The fraction of sp³-hybridized carbons (Fsp3) is 1.00. The van der Waals surface area contributed by atoms with Crippen LogP contribution < -0.4 is 10.6 Å².